The van der Waals surface area contributed by atoms with Crippen molar-refractivity contribution in [1.82, 2.24) is 0 Å². The molecule has 0 aromatic carbocycles. The second kappa shape index (κ2) is 63.8. The molecule has 0 aliphatic rings. The van der Waals surface area contributed by atoms with Gasteiger partial charge in [-0.2, -0.15) is 0 Å². The standard InChI is InChI=1S/C71H114O6/c1-4-7-10-13-16-19-22-25-27-29-31-32-33-34-35-36-37-38-40-41-43-46-49-52-55-58-61-64-70(73)76-67-68(66-75-69(72)63-60-57-54-51-48-45-24-21-18-15-12-9-6-3)77-71(74)65-62-59-56-53-50-47-44-42-39-30-28-26-23-20-17-14-11-8-5-2/h7,10,16-17,19-21,24-28,31-32,34-35,37-39,41-43,49,52,68H,4-6,8-9,11-15,18,22-23,29-30,33,36,40,44-48,50-51,53-67H2,1-3H3/b10-7-,19-16-,20-17-,24-21-,27-25-,28-26-,32-31-,35-34-,38-37-,42-39-,43-41-,52-49-. The first-order valence-corrected chi connectivity index (χ1v) is 31.3. The smallest absolute Gasteiger partial charge is 0.306 e. The number of rotatable bonds is 55. The molecule has 0 spiro atoms. The molecule has 6 nitrogen and oxygen atoms in total. The summed E-state index contributed by atoms with van der Waals surface area (Å²) in [6, 6.07) is 0. The van der Waals surface area contributed by atoms with Crippen LogP contribution in [0.2, 0.25) is 0 Å². The van der Waals surface area contributed by atoms with Crippen molar-refractivity contribution in [3.8, 4) is 0 Å². The SMILES string of the molecule is CC/C=C\C/C=C\C/C=C\C/C=C\C/C=C\C/C=C\C/C=C\C/C=C\CCCCC(=O)OCC(COC(=O)CCCCCCC/C=C\CCCCCC)OC(=O)CCCCCCCC/C=C\C/C=C\C/C=C\CCCCC. The Hall–Kier alpha value is -4.71. The zero-order valence-corrected chi connectivity index (χ0v) is 49.7. The minimum absolute atomic E-state index is 0.107. The van der Waals surface area contributed by atoms with Gasteiger partial charge in [0, 0.05) is 19.3 Å². The maximum atomic E-state index is 12.9. The van der Waals surface area contributed by atoms with Crippen molar-refractivity contribution in [3.63, 3.8) is 0 Å². The predicted octanol–water partition coefficient (Wildman–Crippen LogP) is 21.5. The van der Waals surface area contributed by atoms with Gasteiger partial charge in [0.15, 0.2) is 6.10 Å². The normalized spacial score (nSPS) is 13.1. The fourth-order valence-electron chi connectivity index (χ4n) is 8.11. The first kappa shape index (κ1) is 72.3. The maximum absolute atomic E-state index is 12.9. The fourth-order valence-corrected chi connectivity index (χ4v) is 8.11. The van der Waals surface area contributed by atoms with E-state index < -0.39 is 6.10 Å². The molecule has 1 unspecified atom stereocenters. The molecule has 1 atom stereocenters. The van der Waals surface area contributed by atoms with Crippen LogP contribution in [-0.4, -0.2) is 37.2 Å². The molecule has 0 saturated heterocycles. The molecule has 77 heavy (non-hydrogen) atoms. The van der Waals surface area contributed by atoms with E-state index in [0.29, 0.717) is 25.7 Å². The summed E-state index contributed by atoms with van der Waals surface area (Å²) < 4.78 is 16.8. The van der Waals surface area contributed by atoms with Crippen molar-refractivity contribution in [2.24, 2.45) is 0 Å². The van der Waals surface area contributed by atoms with E-state index in [2.05, 4.69) is 167 Å². The number of carbonyl (C=O) groups excluding carboxylic acids is 3. The van der Waals surface area contributed by atoms with E-state index in [1.807, 2.05) is 0 Å². The molecule has 0 aromatic heterocycles. The third kappa shape index (κ3) is 62.0. The Bertz CT molecular complexity index is 1700. The lowest BCUT2D eigenvalue weighted by atomic mass is 10.1. The lowest BCUT2D eigenvalue weighted by Crippen LogP contribution is -2.30. The van der Waals surface area contributed by atoms with Gasteiger partial charge in [-0.15, -0.1) is 0 Å². The van der Waals surface area contributed by atoms with Gasteiger partial charge in [0.25, 0.3) is 0 Å². The summed E-state index contributed by atoms with van der Waals surface area (Å²) in [7, 11) is 0. The molecule has 0 rings (SSSR count). The van der Waals surface area contributed by atoms with Crippen molar-refractivity contribution in [2.45, 2.75) is 271 Å². The van der Waals surface area contributed by atoms with E-state index in [0.717, 1.165) is 141 Å². The zero-order chi connectivity index (χ0) is 55.7. The van der Waals surface area contributed by atoms with Gasteiger partial charge in [0.05, 0.1) is 0 Å². The average Bonchev–Trinajstić information content (AvgIpc) is 3.43. The van der Waals surface area contributed by atoms with E-state index in [-0.39, 0.29) is 31.1 Å². The maximum Gasteiger partial charge on any atom is 0.306 e. The van der Waals surface area contributed by atoms with Crippen molar-refractivity contribution in [1.29, 1.82) is 0 Å². The van der Waals surface area contributed by atoms with Gasteiger partial charge in [0.1, 0.15) is 13.2 Å². The van der Waals surface area contributed by atoms with Crippen molar-refractivity contribution in [2.75, 3.05) is 13.2 Å². The monoisotopic (exact) mass is 1060 g/mol. The molecular formula is C71H114O6. The lowest BCUT2D eigenvalue weighted by molar-refractivity contribution is -0.167. The molecule has 0 aliphatic carbocycles. The van der Waals surface area contributed by atoms with Gasteiger partial charge < -0.3 is 14.2 Å². The summed E-state index contributed by atoms with van der Waals surface area (Å²) in [5.74, 6) is -0.975. The first-order valence-electron chi connectivity index (χ1n) is 31.3. The summed E-state index contributed by atoms with van der Waals surface area (Å²) in [6.07, 6.45) is 91.3. The van der Waals surface area contributed by atoms with E-state index >= 15 is 0 Å². The molecule has 0 aromatic rings. The number of hydrogen-bond donors (Lipinski definition) is 0. The van der Waals surface area contributed by atoms with E-state index in [1.54, 1.807) is 0 Å². The van der Waals surface area contributed by atoms with Gasteiger partial charge in [-0.1, -0.05) is 244 Å². The molecule has 0 heterocycles. The summed E-state index contributed by atoms with van der Waals surface area (Å²) in [5.41, 5.74) is 0. The largest absolute Gasteiger partial charge is 0.462 e. The fraction of sp³-hybridized carbons (Fsp3) is 0.620. The minimum Gasteiger partial charge on any atom is -0.462 e. The first-order chi connectivity index (χ1) is 38.0. The molecule has 0 saturated carbocycles. The number of allylic oxidation sites excluding steroid dienone is 24. The van der Waals surface area contributed by atoms with Crippen LogP contribution in [0.25, 0.3) is 0 Å². The van der Waals surface area contributed by atoms with Gasteiger partial charge in [-0.05, 0) is 148 Å². The Kier molecular flexibility index (Phi) is 59.9. The second-order valence-electron chi connectivity index (χ2n) is 20.2. The Morgan fingerprint density at radius 3 is 0.857 bits per heavy atom. The summed E-state index contributed by atoms with van der Waals surface area (Å²) in [6.45, 7) is 6.43. The van der Waals surface area contributed by atoms with Gasteiger partial charge >= 0.3 is 17.9 Å². The molecule has 0 N–H and O–H groups in total. The predicted molar refractivity (Wildman–Crippen MR) is 334 cm³/mol. The molecule has 434 valence electrons. The zero-order valence-electron chi connectivity index (χ0n) is 49.7. The van der Waals surface area contributed by atoms with E-state index in [1.165, 1.54) is 77.0 Å². The van der Waals surface area contributed by atoms with Crippen LogP contribution in [0, 0.1) is 0 Å². The van der Waals surface area contributed by atoms with Crippen LogP contribution >= 0.6 is 0 Å². The third-order valence-corrected chi connectivity index (χ3v) is 12.8. The lowest BCUT2D eigenvalue weighted by Gasteiger charge is -2.18. The molecule has 0 aliphatic heterocycles. The van der Waals surface area contributed by atoms with Crippen LogP contribution in [0.15, 0.2) is 146 Å². The Balaban J connectivity index is 4.48. The van der Waals surface area contributed by atoms with Crippen LogP contribution in [-0.2, 0) is 28.6 Å². The summed E-state index contributed by atoms with van der Waals surface area (Å²) >= 11 is 0. The van der Waals surface area contributed by atoms with Gasteiger partial charge in [0.2, 0.25) is 0 Å². The average molecular weight is 1060 g/mol. The Morgan fingerprint density at radius 1 is 0.273 bits per heavy atom. The quantitative estimate of drug-likeness (QED) is 0.0261. The highest BCUT2D eigenvalue weighted by Gasteiger charge is 2.19. The van der Waals surface area contributed by atoms with Crippen molar-refractivity contribution >= 4 is 17.9 Å². The summed E-state index contributed by atoms with van der Waals surface area (Å²) in [4.78, 5) is 38.3. The van der Waals surface area contributed by atoms with E-state index in [9.17, 15) is 14.4 Å². The van der Waals surface area contributed by atoms with Gasteiger partial charge in [-0.3, -0.25) is 14.4 Å². The number of hydrogen-bond acceptors (Lipinski definition) is 6. The molecular weight excluding hydrogens is 949 g/mol. The van der Waals surface area contributed by atoms with Crippen LogP contribution in [0.5, 0.6) is 0 Å². The highest BCUT2D eigenvalue weighted by atomic mass is 16.6. The number of esters is 3. The van der Waals surface area contributed by atoms with Crippen LogP contribution in [0.1, 0.15) is 265 Å². The third-order valence-electron chi connectivity index (χ3n) is 12.8. The Labute approximate surface area is 474 Å². The molecule has 0 amide bonds. The highest BCUT2D eigenvalue weighted by molar-refractivity contribution is 5.71. The second-order valence-corrected chi connectivity index (χ2v) is 20.2. The minimum atomic E-state index is -0.814. The Morgan fingerprint density at radius 2 is 0.506 bits per heavy atom. The number of ether oxygens (including phenoxy) is 3. The molecule has 0 fully saturated rings. The molecule has 6 heteroatoms. The topological polar surface area (TPSA) is 78.9 Å². The van der Waals surface area contributed by atoms with Crippen molar-refractivity contribution < 1.29 is 28.6 Å². The van der Waals surface area contributed by atoms with Crippen molar-refractivity contribution in [3.05, 3.63) is 146 Å². The number of unbranched alkanes of at least 4 members (excludes halogenated alkanes) is 20. The van der Waals surface area contributed by atoms with Gasteiger partial charge in [-0.25, -0.2) is 0 Å². The number of carbonyl (C=O) groups is 3. The van der Waals surface area contributed by atoms with Crippen LogP contribution in [0.3, 0.4) is 0 Å². The highest BCUT2D eigenvalue weighted by Crippen LogP contribution is 2.13. The van der Waals surface area contributed by atoms with Crippen LogP contribution < -0.4 is 0 Å². The summed E-state index contributed by atoms with van der Waals surface area (Å²) in [5, 5.41) is 0. The van der Waals surface area contributed by atoms with Crippen LogP contribution in [0.4, 0.5) is 0 Å². The van der Waals surface area contributed by atoms with E-state index in [4.69, 9.17) is 14.2 Å². The molecule has 0 bridgehead atoms. The molecule has 0 radical (unpaired) electrons.